The predicted molar refractivity (Wildman–Crippen MR) is 123 cm³/mol. The lowest BCUT2D eigenvalue weighted by atomic mass is 10.1. The molecule has 3 rings (SSSR count). The lowest BCUT2D eigenvalue weighted by molar-refractivity contribution is 0.102. The highest BCUT2D eigenvalue weighted by Crippen LogP contribution is 2.31. The number of hydrogen-bond donors (Lipinski definition) is 3. The highest BCUT2D eigenvalue weighted by atomic mass is 35.5. The highest BCUT2D eigenvalue weighted by molar-refractivity contribution is 6.40. The first-order valence-corrected chi connectivity index (χ1v) is 10.2. The molecule has 0 aliphatic carbocycles. The predicted octanol–water partition coefficient (Wildman–Crippen LogP) is 5.88. The third kappa shape index (κ3) is 4.83. The Kier molecular flexibility index (Phi) is 6.80. The van der Waals surface area contributed by atoms with Crippen LogP contribution in [0.3, 0.4) is 0 Å². The summed E-state index contributed by atoms with van der Waals surface area (Å²) in [5.74, 6) is -0.103. The fourth-order valence-electron chi connectivity index (χ4n) is 2.94. The summed E-state index contributed by atoms with van der Waals surface area (Å²) in [7, 11) is 0. The van der Waals surface area contributed by atoms with Gasteiger partial charge in [-0.1, -0.05) is 55.2 Å². The van der Waals surface area contributed by atoms with Crippen molar-refractivity contribution in [2.24, 2.45) is 5.92 Å². The van der Waals surface area contributed by atoms with Gasteiger partial charge in [0.2, 0.25) is 0 Å². The van der Waals surface area contributed by atoms with E-state index in [1.165, 1.54) is 0 Å². The number of pyridine rings is 1. The third-order valence-corrected chi connectivity index (χ3v) is 5.06. The summed E-state index contributed by atoms with van der Waals surface area (Å²) in [4.78, 5) is 29.5. The Bertz CT molecular complexity index is 1100. The molecule has 0 atom stereocenters. The number of nitrogens with one attached hydrogen (secondary N) is 3. The summed E-state index contributed by atoms with van der Waals surface area (Å²) in [5, 5.41) is 9.77. The number of urea groups is 1. The first-order valence-electron chi connectivity index (χ1n) is 9.46. The van der Waals surface area contributed by atoms with Crippen molar-refractivity contribution in [3.63, 3.8) is 0 Å². The molecule has 2 aromatic carbocycles. The molecule has 0 saturated carbocycles. The molecule has 0 unspecified atom stereocenters. The van der Waals surface area contributed by atoms with Crippen LogP contribution < -0.4 is 16.0 Å². The number of anilines is 2. The van der Waals surface area contributed by atoms with Gasteiger partial charge in [-0.25, -0.2) is 4.79 Å². The number of nitrogens with zero attached hydrogens (tertiary/aromatic N) is 1. The topological polar surface area (TPSA) is 83.1 Å². The zero-order valence-electron chi connectivity index (χ0n) is 16.8. The molecule has 0 spiro atoms. The first kappa shape index (κ1) is 21.9. The Morgan fingerprint density at radius 3 is 2.37 bits per heavy atom. The van der Waals surface area contributed by atoms with Crippen molar-refractivity contribution < 1.29 is 9.59 Å². The average Bonchev–Trinajstić information content (AvgIpc) is 2.68. The standard InChI is InChI=1S/C22H22Cl2N4O2/c1-12(2)10-26-22(30)28-19-13(3)11-25-20-14(19)6-4-9-17(20)27-21(29)18-15(23)7-5-8-16(18)24/h4-9,11-12H,10H2,1-3H3,(H,27,29)(H2,25,26,28,30). The number of rotatable bonds is 5. The Morgan fingerprint density at radius 2 is 1.70 bits per heavy atom. The van der Waals surface area contributed by atoms with Gasteiger partial charge in [0.25, 0.3) is 5.91 Å². The SMILES string of the molecule is Cc1cnc2c(NC(=O)c3c(Cl)cccc3Cl)cccc2c1NC(=O)NCC(C)C. The van der Waals surface area contributed by atoms with Crippen LogP contribution in [0, 0.1) is 12.8 Å². The van der Waals surface area contributed by atoms with E-state index in [9.17, 15) is 9.59 Å². The Balaban J connectivity index is 1.94. The van der Waals surface area contributed by atoms with Gasteiger partial charge in [-0.2, -0.15) is 0 Å². The monoisotopic (exact) mass is 444 g/mol. The molecular weight excluding hydrogens is 423 g/mol. The smallest absolute Gasteiger partial charge is 0.319 e. The van der Waals surface area contributed by atoms with E-state index in [0.29, 0.717) is 34.7 Å². The number of aryl methyl sites for hydroxylation is 1. The van der Waals surface area contributed by atoms with Crippen LogP contribution in [-0.2, 0) is 0 Å². The van der Waals surface area contributed by atoms with Crippen LogP contribution in [0.15, 0.2) is 42.6 Å². The molecule has 0 fully saturated rings. The van der Waals surface area contributed by atoms with E-state index in [1.54, 1.807) is 36.5 Å². The molecule has 3 amide bonds. The molecule has 0 bridgehead atoms. The zero-order chi connectivity index (χ0) is 21.8. The molecule has 0 saturated heterocycles. The molecule has 1 aromatic heterocycles. The quantitative estimate of drug-likeness (QED) is 0.459. The van der Waals surface area contributed by atoms with E-state index in [4.69, 9.17) is 23.2 Å². The maximum absolute atomic E-state index is 12.8. The van der Waals surface area contributed by atoms with Gasteiger partial charge in [-0.3, -0.25) is 9.78 Å². The van der Waals surface area contributed by atoms with E-state index < -0.39 is 5.91 Å². The fourth-order valence-corrected chi connectivity index (χ4v) is 3.51. The number of aromatic nitrogens is 1. The molecule has 1 heterocycles. The van der Waals surface area contributed by atoms with E-state index in [1.807, 2.05) is 26.8 Å². The van der Waals surface area contributed by atoms with Crippen molar-refractivity contribution in [2.45, 2.75) is 20.8 Å². The average molecular weight is 445 g/mol. The Morgan fingerprint density at radius 1 is 1.03 bits per heavy atom. The summed E-state index contributed by atoms with van der Waals surface area (Å²) >= 11 is 12.3. The molecule has 30 heavy (non-hydrogen) atoms. The summed E-state index contributed by atoms with van der Waals surface area (Å²) < 4.78 is 0. The van der Waals surface area contributed by atoms with Crippen molar-refractivity contribution in [1.82, 2.24) is 10.3 Å². The second kappa shape index (κ2) is 9.32. The van der Waals surface area contributed by atoms with Crippen LogP contribution in [0.1, 0.15) is 29.8 Å². The van der Waals surface area contributed by atoms with Crippen LogP contribution in [0.2, 0.25) is 10.0 Å². The largest absolute Gasteiger partial charge is 0.338 e. The van der Waals surface area contributed by atoms with E-state index >= 15 is 0 Å². The van der Waals surface area contributed by atoms with E-state index in [2.05, 4.69) is 20.9 Å². The second-order valence-corrected chi connectivity index (χ2v) is 8.11. The maximum Gasteiger partial charge on any atom is 0.319 e. The summed E-state index contributed by atoms with van der Waals surface area (Å²) in [6.45, 7) is 6.47. The number of carbonyl (C=O) groups is 2. The van der Waals surface area contributed by atoms with Crippen molar-refractivity contribution in [2.75, 3.05) is 17.2 Å². The highest BCUT2D eigenvalue weighted by Gasteiger charge is 2.17. The van der Waals surface area contributed by atoms with E-state index in [-0.39, 0.29) is 21.6 Å². The molecule has 0 radical (unpaired) electrons. The van der Waals surface area contributed by atoms with Crippen molar-refractivity contribution >= 4 is 57.4 Å². The van der Waals surface area contributed by atoms with E-state index in [0.717, 1.165) is 5.56 Å². The van der Waals surface area contributed by atoms with Gasteiger partial charge in [-0.05, 0) is 36.6 Å². The van der Waals surface area contributed by atoms with Crippen LogP contribution in [0.4, 0.5) is 16.2 Å². The number of hydrogen-bond acceptors (Lipinski definition) is 3. The van der Waals surface area contributed by atoms with Gasteiger partial charge in [-0.15, -0.1) is 0 Å². The molecular formula is C22H22Cl2N4O2. The maximum atomic E-state index is 12.8. The molecule has 3 aromatic rings. The Labute approximate surface area is 185 Å². The van der Waals surface area contributed by atoms with Gasteiger partial charge < -0.3 is 16.0 Å². The van der Waals surface area contributed by atoms with Gasteiger partial charge >= 0.3 is 6.03 Å². The second-order valence-electron chi connectivity index (χ2n) is 7.30. The number of para-hydroxylation sites is 1. The van der Waals surface area contributed by atoms with Crippen molar-refractivity contribution in [3.05, 3.63) is 63.8 Å². The fraction of sp³-hybridized carbons (Fsp3) is 0.227. The van der Waals surface area contributed by atoms with Gasteiger partial charge in [0, 0.05) is 18.1 Å². The molecule has 156 valence electrons. The van der Waals surface area contributed by atoms with Crippen molar-refractivity contribution in [3.8, 4) is 0 Å². The molecule has 3 N–H and O–H groups in total. The molecule has 6 nitrogen and oxygen atoms in total. The van der Waals surface area contributed by atoms with Crippen LogP contribution >= 0.6 is 23.2 Å². The van der Waals surface area contributed by atoms with Crippen molar-refractivity contribution in [1.29, 1.82) is 0 Å². The number of amides is 3. The molecule has 0 aliphatic heterocycles. The van der Waals surface area contributed by atoms with Crippen LogP contribution in [0.5, 0.6) is 0 Å². The minimum absolute atomic E-state index is 0.191. The van der Waals surface area contributed by atoms with Gasteiger partial charge in [0.05, 0.1) is 32.5 Å². The minimum atomic E-state index is -0.440. The van der Waals surface area contributed by atoms with Gasteiger partial charge in [0.1, 0.15) is 0 Å². The number of halogens is 2. The summed E-state index contributed by atoms with van der Waals surface area (Å²) in [5.41, 5.74) is 2.65. The number of carbonyl (C=O) groups excluding carboxylic acids is 2. The van der Waals surface area contributed by atoms with Crippen LogP contribution in [-0.4, -0.2) is 23.5 Å². The minimum Gasteiger partial charge on any atom is -0.338 e. The zero-order valence-corrected chi connectivity index (χ0v) is 18.4. The summed E-state index contributed by atoms with van der Waals surface area (Å²) in [6, 6.07) is 9.93. The Hall–Kier alpha value is -2.83. The summed E-state index contributed by atoms with van der Waals surface area (Å²) in [6.07, 6.45) is 1.65. The lowest BCUT2D eigenvalue weighted by Gasteiger charge is -2.15. The molecule has 0 aliphatic rings. The van der Waals surface area contributed by atoms with Gasteiger partial charge in [0.15, 0.2) is 0 Å². The first-order chi connectivity index (χ1) is 14.3. The van der Waals surface area contributed by atoms with Crippen LogP contribution in [0.25, 0.3) is 10.9 Å². The lowest BCUT2D eigenvalue weighted by Crippen LogP contribution is -2.32. The normalized spacial score (nSPS) is 10.9. The number of fused-ring (bicyclic) bond motifs is 1. The molecule has 8 heteroatoms. The third-order valence-electron chi connectivity index (χ3n) is 4.43. The number of benzene rings is 2.